The van der Waals surface area contributed by atoms with E-state index in [4.69, 9.17) is 5.21 Å². The van der Waals surface area contributed by atoms with Crippen molar-refractivity contribution in [3.8, 4) is 0 Å². The highest BCUT2D eigenvalue weighted by Gasteiger charge is 2.50. The minimum Gasteiger partial charge on any atom is -0.307 e. The molecule has 24 heavy (non-hydrogen) atoms. The summed E-state index contributed by atoms with van der Waals surface area (Å²) in [6.45, 7) is 0.968. The first kappa shape index (κ1) is 16.1. The Hall–Kier alpha value is -1.39. The third-order valence-electron chi connectivity index (χ3n) is 6.52. The third kappa shape index (κ3) is 3.35. The normalized spacial score (nSPS) is 40.1. The predicted molar refractivity (Wildman–Crippen MR) is 93.3 cm³/mol. The lowest BCUT2D eigenvalue weighted by molar-refractivity contribution is -0.124. The van der Waals surface area contributed by atoms with Crippen molar-refractivity contribution in [2.24, 2.45) is 23.7 Å². The van der Waals surface area contributed by atoms with Crippen LogP contribution in [-0.4, -0.2) is 23.2 Å². The number of carbonyl (C=O) groups excluding carboxylic acids is 1. The van der Waals surface area contributed by atoms with Gasteiger partial charge in [0, 0.05) is 18.2 Å². The maximum atomic E-state index is 11.0. The van der Waals surface area contributed by atoms with Gasteiger partial charge in [0.2, 0.25) is 0 Å². The zero-order valence-corrected chi connectivity index (χ0v) is 14.2. The van der Waals surface area contributed by atoms with Crippen LogP contribution in [0.2, 0.25) is 0 Å². The van der Waals surface area contributed by atoms with E-state index in [0.717, 1.165) is 30.7 Å². The van der Waals surface area contributed by atoms with Gasteiger partial charge < -0.3 is 5.32 Å². The van der Waals surface area contributed by atoms with Gasteiger partial charge in [-0.25, -0.2) is 5.48 Å². The zero-order valence-electron chi connectivity index (χ0n) is 14.2. The molecule has 0 aromatic rings. The van der Waals surface area contributed by atoms with E-state index in [1.807, 2.05) is 6.08 Å². The third-order valence-corrected chi connectivity index (χ3v) is 6.52. The molecule has 4 saturated carbocycles. The Kier molecular flexibility index (Phi) is 4.35. The highest BCUT2D eigenvalue weighted by atomic mass is 16.5. The second-order valence-corrected chi connectivity index (χ2v) is 8.42. The van der Waals surface area contributed by atoms with E-state index < -0.39 is 5.91 Å². The van der Waals surface area contributed by atoms with Crippen LogP contribution in [0.4, 0.5) is 0 Å². The van der Waals surface area contributed by atoms with Crippen LogP contribution in [0.25, 0.3) is 0 Å². The standard InChI is InChI=1S/C20H28N2O2/c23-19(22-24)6-5-14-1-3-15(4-2-14)13-21-20-10-16-7-17(11-20)9-18(8-16)12-20/h1,3-6,14,16-18,21,24H,2,7-13H2,(H,22,23). The van der Waals surface area contributed by atoms with E-state index in [2.05, 4.69) is 23.5 Å². The van der Waals surface area contributed by atoms with Crippen LogP contribution in [0.1, 0.15) is 44.9 Å². The number of hydroxylamine groups is 1. The van der Waals surface area contributed by atoms with Crippen LogP contribution in [0.5, 0.6) is 0 Å². The monoisotopic (exact) mass is 328 g/mol. The molecule has 0 heterocycles. The number of amides is 1. The highest BCUT2D eigenvalue weighted by Crippen LogP contribution is 2.55. The van der Waals surface area contributed by atoms with Gasteiger partial charge in [-0.2, -0.15) is 0 Å². The van der Waals surface area contributed by atoms with E-state index in [1.165, 1.54) is 50.2 Å². The largest absolute Gasteiger partial charge is 0.307 e. The van der Waals surface area contributed by atoms with Crippen molar-refractivity contribution in [2.75, 3.05) is 6.54 Å². The van der Waals surface area contributed by atoms with E-state index in [1.54, 1.807) is 5.48 Å². The molecule has 0 saturated heterocycles. The van der Waals surface area contributed by atoms with Crippen molar-refractivity contribution in [2.45, 2.75) is 50.5 Å². The smallest absolute Gasteiger partial charge is 0.267 e. The van der Waals surface area contributed by atoms with Crippen molar-refractivity contribution in [1.82, 2.24) is 10.8 Å². The van der Waals surface area contributed by atoms with Crippen LogP contribution in [0, 0.1) is 23.7 Å². The summed E-state index contributed by atoms with van der Waals surface area (Å²) < 4.78 is 0. The molecular weight excluding hydrogens is 300 g/mol. The number of hydrogen-bond acceptors (Lipinski definition) is 3. The highest BCUT2D eigenvalue weighted by molar-refractivity contribution is 5.86. The average molecular weight is 328 g/mol. The number of nitrogens with one attached hydrogen (secondary N) is 2. The Morgan fingerprint density at radius 1 is 1.21 bits per heavy atom. The van der Waals surface area contributed by atoms with E-state index in [0.29, 0.717) is 5.54 Å². The number of rotatable bonds is 5. The average Bonchev–Trinajstić information content (AvgIpc) is 2.57. The molecule has 5 aliphatic rings. The molecule has 130 valence electrons. The van der Waals surface area contributed by atoms with E-state index in [9.17, 15) is 4.79 Å². The van der Waals surface area contributed by atoms with E-state index >= 15 is 0 Å². The summed E-state index contributed by atoms with van der Waals surface area (Å²) in [5.41, 5.74) is 3.40. The fourth-order valence-corrected chi connectivity index (χ4v) is 5.82. The SMILES string of the molecule is O=C(C=CC1C=CC(CNC23CC4CC(CC(C4)C2)C3)=CC1)NO. The summed E-state index contributed by atoms with van der Waals surface area (Å²) in [6.07, 6.45) is 19.4. The molecule has 0 aromatic carbocycles. The Balaban J connectivity index is 1.30. The first-order chi connectivity index (χ1) is 11.6. The fourth-order valence-electron chi connectivity index (χ4n) is 5.82. The van der Waals surface area contributed by atoms with Gasteiger partial charge in [0.15, 0.2) is 0 Å². The van der Waals surface area contributed by atoms with E-state index in [-0.39, 0.29) is 5.92 Å². The molecule has 3 N–H and O–H groups in total. The van der Waals surface area contributed by atoms with Gasteiger partial charge in [0.25, 0.3) is 5.91 Å². The Morgan fingerprint density at radius 2 is 1.88 bits per heavy atom. The molecular formula is C20H28N2O2. The van der Waals surface area contributed by atoms with Crippen molar-refractivity contribution in [3.05, 3.63) is 36.0 Å². The van der Waals surface area contributed by atoms with Gasteiger partial charge in [-0.15, -0.1) is 0 Å². The minimum atomic E-state index is -0.471. The van der Waals surface area contributed by atoms with Crippen LogP contribution in [0.3, 0.4) is 0 Å². The quantitative estimate of drug-likeness (QED) is 0.413. The first-order valence-electron chi connectivity index (χ1n) is 9.39. The van der Waals surface area contributed by atoms with Gasteiger partial charge in [-0.1, -0.05) is 24.3 Å². The lowest BCUT2D eigenvalue weighted by atomic mass is 9.53. The molecule has 1 atom stereocenters. The molecule has 1 unspecified atom stereocenters. The summed E-state index contributed by atoms with van der Waals surface area (Å²) in [7, 11) is 0. The molecule has 0 spiro atoms. The Bertz CT molecular complexity index is 555. The van der Waals surface area contributed by atoms with Crippen LogP contribution < -0.4 is 10.8 Å². The second-order valence-electron chi connectivity index (χ2n) is 8.42. The van der Waals surface area contributed by atoms with Crippen LogP contribution in [-0.2, 0) is 4.79 Å². The summed E-state index contributed by atoms with van der Waals surface area (Å²) in [5, 5.41) is 12.4. The molecule has 0 radical (unpaired) electrons. The van der Waals surface area contributed by atoms with Gasteiger partial charge in [-0.3, -0.25) is 10.0 Å². The summed E-state index contributed by atoms with van der Waals surface area (Å²) in [4.78, 5) is 11.0. The van der Waals surface area contributed by atoms with Crippen molar-refractivity contribution in [1.29, 1.82) is 0 Å². The number of allylic oxidation sites excluding steroid dienone is 3. The Labute approximate surface area is 144 Å². The topological polar surface area (TPSA) is 61.4 Å². The predicted octanol–water partition coefficient (Wildman–Crippen LogP) is 3.11. The van der Waals surface area contributed by atoms with Gasteiger partial charge >= 0.3 is 0 Å². The fraction of sp³-hybridized carbons (Fsp3) is 0.650. The van der Waals surface area contributed by atoms with Crippen molar-refractivity contribution in [3.63, 3.8) is 0 Å². The minimum absolute atomic E-state index is 0.241. The summed E-state index contributed by atoms with van der Waals surface area (Å²) >= 11 is 0. The lowest BCUT2D eigenvalue weighted by Crippen LogP contribution is -2.58. The summed E-state index contributed by atoms with van der Waals surface area (Å²) in [6, 6.07) is 0. The zero-order chi connectivity index (χ0) is 16.6. The van der Waals surface area contributed by atoms with Crippen molar-refractivity contribution >= 4 is 5.91 Å². The molecule has 4 fully saturated rings. The lowest BCUT2D eigenvalue weighted by Gasteiger charge is -2.57. The molecule has 4 heteroatoms. The van der Waals surface area contributed by atoms with Gasteiger partial charge in [-0.05, 0) is 74.2 Å². The Morgan fingerprint density at radius 3 is 2.42 bits per heavy atom. The summed E-state index contributed by atoms with van der Waals surface area (Å²) in [5.74, 6) is 2.71. The van der Waals surface area contributed by atoms with Crippen molar-refractivity contribution < 1.29 is 10.0 Å². The van der Waals surface area contributed by atoms with Gasteiger partial charge in [0.1, 0.15) is 0 Å². The second kappa shape index (κ2) is 6.49. The molecule has 5 aliphatic carbocycles. The molecule has 4 bridgehead atoms. The molecule has 0 aliphatic heterocycles. The van der Waals surface area contributed by atoms with Crippen LogP contribution >= 0.6 is 0 Å². The molecule has 5 rings (SSSR count). The molecule has 1 amide bonds. The van der Waals surface area contributed by atoms with Crippen LogP contribution in [0.15, 0.2) is 36.0 Å². The number of hydrogen-bond donors (Lipinski definition) is 3. The molecule has 4 nitrogen and oxygen atoms in total. The molecule has 0 aromatic heterocycles. The maximum absolute atomic E-state index is 11.0. The number of carbonyl (C=O) groups is 1. The maximum Gasteiger partial charge on any atom is 0.267 e. The first-order valence-corrected chi connectivity index (χ1v) is 9.39. The van der Waals surface area contributed by atoms with Gasteiger partial charge in [0.05, 0.1) is 0 Å².